The predicted molar refractivity (Wildman–Crippen MR) is 101 cm³/mol. The van der Waals surface area contributed by atoms with Crippen molar-refractivity contribution >= 4 is 17.2 Å². The molecule has 0 bridgehead atoms. The van der Waals surface area contributed by atoms with E-state index in [1.807, 2.05) is 0 Å². The van der Waals surface area contributed by atoms with Crippen LogP contribution in [0.3, 0.4) is 0 Å². The van der Waals surface area contributed by atoms with Gasteiger partial charge in [-0.2, -0.15) is 0 Å². The summed E-state index contributed by atoms with van der Waals surface area (Å²) >= 11 is 0. The third kappa shape index (κ3) is 3.44. The van der Waals surface area contributed by atoms with Crippen LogP contribution < -0.4 is 5.32 Å². The summed E-state index contributed by atoms with van der Waals surface area (Å²) in [5, 5.41) is 14.9. The Morgan fingerprint density at radius 3 is 2.78 bits per heavy atom. The summed E-state index contributed by atoms with van der Waals surface area (Å²) in [5.41, 5.74) is 0.653. The smallest absolute Gasteiger partial charge is 0.293 e. The first-order valence-corrected chi connectivity index (χ1v) is 9.26. The van der Waals surface area contributed by atoms with E-state index < -0.39 is 4.92 Å². The molecule has 2 heterocycles. The molecule has 1 N–H and O–H groups in total. The minimum atomic E-state index is -0.436. The maximum absolute atomic E-state index is 12.6. The van der Waals surface area contributed by atoms with E-state index >= 15 is 0 Å². The van der Waals surface area contributed by atoms with Crippen LogP contribution in [-0.2, 0) is 7.05 Å². The second kappa shape index (κ2) is 6.77. The van der Waals surface area contributed by atoms with Gasteiger partial charge in [0.2, 0.25) is 5.78 Å². The highest BCUT2D eigenvalue weighted by molar-refractivity contribution is 6.07. The number of benzene rings is 1. The van der Waals surface area contributed by atoms with Gasteiger partial charge < -0.3 is 9.88 Å². The van der Waals surface area contributed by atoms with Crippen LogP contribution in [0.5, 0.6) is 0 Å². The number of nitro benzene ring substituents is 1. The molecule has 0 radical (unpaired) electrons. The van der Waals surface area contributed by atoms with Crippen LogP contribution in [0.1, 0.15) is 42.4 Å². The summed E-state index contributed by atoms with van der Waals surface area (Å²) in [7, 11) is 1.72. The van der Waals surface area contributed by atoms with E-state index in [1.165, 1.54) is 25.1 Å². The van der Waals surface area contributed by atoms with E-state index in [1.54, 1.807) is 29.9 Å². The number of aryl methyl sites for hydroxylation is 1. The van der Waals surface area contributed by atoms with Crippen molar-refractivity contribution < 1.29 is 9.72 Å². The number of likely N-dealkylation sites (tertiary alicyclic amines) is 1. The minimum Gasteiger partial charge on any atom is -0.375 e. The van der Waals surface area contributed by atoms with Gasteiger partial charge in [0.25, 0.3) is 5.69 Å². The number of ketones is 1. The third-order valence-electron chi connectivity index (χ3n) is 5.48. The van der Waals surface area contributed by atoms with Crippen LogP contribution in [0.25, 0.3) is 0 Å². The van der Waals surface area contributed by atoms with Crippen molar-refractivity contribution in [2.24, 2.45) is 7.05 Å². The molecule has 0 amide bonds. The number of nitrogens with one attached hydrogen (secondary N) is 1. The predicted octanol–water partition coefficient (Wildman–Crippen LogP) is 2.60. The lowest BCUT2D eigenvalue weighted by molar-refractivity contribution is -0.384. The Bertz CT molecular complexity index is 889. The molecule has 4 rings (SSSR count). The molecule has 1 aliphatic heterocycles. The van der Waals surface area contributed by atoms with Gasteiger partial charge in [-0.15, -0.1) is 0 Å². The van der Waals surface area contributed by atoms with Crippen LogP contribution in [0.2, 0.25) is 0 Å². The SMILES string of the molecule is CC1CC(Nc2ccc(C(=O)c3nccn3C)cc2[N+](=O)[O-])CN1C1CC1. The number of carbonyl (C=O) groups excluding carboxylic acids is 1. The van der Waals surface area contributed by atoms with Gasteiger partial charge >= 0.3 is 0 Å². The number of anilines is 1. The van der Waals surface area contributed by atoms with Gasteiger partial charge in [0.1, 0.15) is 5.69 Å². The second-order valence-electron chi connectivity index (χ2n) is 7.53. The average molecular weight is 369 g/mol. The largest absolute Gasteiger partial charge is 0.375 e. The van der Waals surface area contributed by atoms with Gasteiger partial charge in [-0.05, 0) is 38.3 Å². The lowest BCUT2D eigenvalue weighted by atomic mass is 10.1. The van der Waals surface area contributed by atoms with Gasteiger partial charge in [-0.25, -0.2) is 4.98 Å². The Balaban J connectivity index is 1.56. The van der Waals surface area contributed by atoms with E-state index in [-0.39, 0.29) is 28.9 Å². The van der Waals surface area contributed by atoms with E-state index in [0.717, 1.165) is 13.0 Å². The lowest BCUT2D eigenvalue weighted by Gasteiger charge is -2.20. The summed E-state index contributed by atoms with van der Waals surface area (Å²) in [6, 6.07) is 5.95. The van der Waals surface area contributed by atoms with Gasteiger partial charge in [-0.3, -0.25) is 19.8 Å². The quantitative estimate of drug-likeness (QED) is 0.478. The average Bonchev–Trinajstić information content (AvgIpc) is 3.29. The first kappa shape index (κ1) is 17.7. The van der Waals surface area contributed by atoms with Crippen molar-refractivity contribution in [2.75, 3.05) is 11.9 Å². The number of nitrogens with zero attached hydrogens (tertiary/aromatic N) is 4. The Kier molecular flexibility index (Phi) is 4.43. The maximum atomic E-state index is 12.6. The van der Waals surface area contributed by atoms with Gasteiger partial charge in [0.15, 0.2) is 5.82 Å². The monoisotopic (exact) mass is 369 g/mol. The van der Waals surface area contributed by atoms with Crippen molar-refractivity contribution in [2.45, 2.75) is 44.3 Å². The number of nitro groups is 1. The standard InChI is InChI=1S/C19H23N5O3/c1-12-9-14(11-23(12)15-4-5-15)21-16-6-3-13(10-17(16)24(26)27)18(25)19-20-7-8-22(19)2/h3,6-8,10,12,14-15,21H,4-5,9,11H2,1-2H3. The Hall–Kier alpha value is -2.74. The number of rotatable bonds is 6. The number of hydrogen-bond donors (Lipinski definition) is 1. The molecule has 1 saturated carbocycles. The van der Waals surface area contributed by atoms with E-state index in [9.17, 15) is 14.9 Å². The molecule has 0 spiro atoms. The molecule has 27 heavy (non-hydrogen) atoms. The zero-order valence-corrected chi connectivity index (χ0v) is 15.5. The van der Waals surface area contributed by atoms with Crippen molar-refractivity contribution in [3.05, 3.63) is 52.1 Å². The zero-order valence-electron chi connectivity index (χ0n) is 15.5. The number of aromatic nitrogens is 2. The molecule has 1 aromatic carbocycles. The van der Waals surface area contributed by atoms with Crippen LogP contribution >= 0.6 is 0 Å². The van der Waals surface area contributed by atoms with Gasteiger partial charge in [0, 0.05) is 55.7 Å². The van der Waals surface area contributed by atoms with Crippen LogP contribution in [0, 0.1) is 10.1 Å². The lowest BCUT2D eigenvalue weighted by Crippen LogP contribution is -2.31. The highest BCUT2D eigenvalue weighted by atomic mass is 16.6. The van der Waals surface area contributed by atoms with Crippen molar-refractivity contribution in [3.8, 4) is 0 Å². The second-order valence-corrected chi connectivity index (χ2v) is 7.53. The topological polar surface area (TPSA) is 93.3 Å². The van der Waals surface area contributed by atoms with E-state index in [0.29, 0.717) is 17.8 Å². The molecule has 8 heteroatoms. The molecule has 142 valence electrons. The fourth-order valence-corrected chi connectivity index (χ4v) is 3.96. The van der Waals surface area contributed by atoms with Gasteiger partial charge in [0.05, 0.1) is 4.92 Å². The van der Waals surface area contributed by atoms with Crippen LogP contribution in [0.15, 0.2) is 30.6 Å². The molecule has 2 atom stereocenters. The number of hydrogen-bond acceptors (Lipinski definition) is 6. The third-order valence-corrected chi connectivity index (χ3v) is 5.48. The molecule has 1 aliphatic carbocycles. The molecular weight excluding hydrogens is 346 g/mol. The van der Waals surface area contributed by atoms with Crippen molar-refractivity contribution in [3.63, 3.8) is 0 Å². The fourth-order valence-electron chi connectivity index (χ4n) is 3.96. The molecular formula is C19H23N5O3. The molecule has 2 unspecified atom stereocenters. The highest BCUT2D eigenvalue weighted by Crippen LogP contribution is 2.35. The van der Waals surface area contributed by atoms with Crippen molar-refractivity contribution in [1.82, 2.24) is 14.5 Å². The first-order chi connectivity index (χ1) is 12.9. The summed E-state index contributed by atoms with van der Waals surface area (Å²) < 4.78 is 1.60. The molecule has 1 saturated heterocycles. The summed E-state index contributed by atoms with van der Waals surface area (Å²) in [4.78, 5) is 30.3. The minimum absolute atomic E-state index is 0.0763. The molecule has 2 aromatic rings. The molecule has 8 nitrogen and oxygen atoms in total. The zero-order chi connectivity index (χ0) is 19.1. The molecule has 1 aromatic heterocycles. The number of imidazole rings is 1. The Labute approximate surface area is 157 Å². The summed E-state index contributed by atoms with van der Waals surface area (Å²) in [5.74, 6) is -0.0683. The fraction of sp³-hybridized carbons (Fsp3) is 0.474. The van der Waals surface area contributed by atoms with E-state index in [4.69, 9.17) is 0 Å². The maximum Gasteiger partial charge on any atom is 0.293 e. The van der Waals surface area contributed by atoms with Crippen molar-refractivity contribution in [1.29, 1.82) is 0 Å². The van der Waals surface area contributed by atoms with Crippen LogP contribution in [-0.4, -0.2) is 49.8 Å². The van der Waals surface area contributed by atoms with Gasteiger partial charge in [-0.1, -0.05) is 0 Å². The Morgan fingerprint density at radius 2 is 2.15 bits per heavy atom. The van der Waals surface area contributed by atoms with E-state index in [2.05, 4.69) is 22.1 Å². The summed E-state index contributed by atoms with van der Waals surface area (Å²) in [6.07, 6.45) is 6.67. The molecule has 2 aliphatic rings. The summed E-state index contributed by atoms with van der Waals surface area (Å²) in [6.45, 7) is 3.11. The number of carbonyl (C=O) groups is 1. The normalized spacial score (nSPS) is 22.7. The Morgan fingerprint density at radius 1 is 1.37 bits per heavy atom. The first-order valence-electron chi connectivity index (χ1n) is 9.26. The van der Waals surface area contributed by atoms with Crippen LogP contribution in [0.4, 0.5) is 11.4 Å². The highest BCUT2D eigenvalue weighted by Gasteiger charge is 2.39. The molecule has 2 fully saturated rings.